The molecule has 0 heterocycles. The van der Waals surface area contributed by atoms with E-state index in [0.717, 1.165) is 19.6 Å². The standard InChI is InChI=1S/C16H35N3/c1-6-10-19(12-11-18(4)5)16(14-17)9-7-8-15(2,3)13-16/h6-14,17H2,1-5H3. The van der Waals surface area contributed by atoms with Crippen LogP contribution in [0.4, 0.5) is 0 Å². The molecule has 1 fully saturated rings. The maximum Gasteiger partial charge on any atom is 0.0337 e. The SMILES string of the molecule is CCCN(CCN(C)C)C1(CN)CCCC(C)(C)C1. The van der Waals surface area contributed by atoms with Crippen LogP contribution in [0.25, 0.3) is 0 Å². The lowest BCUT2D eigenvalue weighted by Gasteiger charge is -2.51. The first-order valence-corrected chi connectivity index (χ1v) is 7.95. The Morgan fingerprint density at radius 2 is 1.74 bits per heavy atom. The molecule has 0 aromatic heterocycles. The van der Waals surface area contributed by atoms with Gasteiger partial charge in [0.25, 0.3) is 0 Å². The van der Waals surface area contributed by atoms with Gasteiger partial charge >= 0.3 is 0 Å². The topological polar surface area (TPSA) is 32.5 Å². The zero-order chi connectivity index (χ0) is 14.5. The summed E-state index contributed by atoms with van der Waals surface area (Å²) in [5.41, 5.74) is 6.93. The second kappa shape index (κ2) is 7.05. The third-order valence-corrected chi connectivity index (χ3v) is 4.66. The molecule has 1 unspecified atom stereocenters. The van der Waals surface area contributed by atoms with E-state index < -0.39 is 0 Å². The quantitative estimate of drug-likeness (QED) is 0.771. The summed E-state index contributed by atoms with van der Waals surface area (Å²) in [6.45, 7) is 11.4. The number of likely N-dealkylation sites (N-methyl/N-ethyl adjacent to an activating group) is 1. The molecule has 0 radical (unpaired) electrons. The van der Waals surface area contributed by atoms with E-state index in [1.165, 1.54) is 38.6 Å². The van der Waals surface area contributed by atoms with Gasteiger partial charge in [0.15, 0.2) is 0 Å². The molecule has 1 atom stereocenters. The number of hydrogen-bond donors (Lipinski definition) is 1. The number of nitrogens with zero attached hydrogens (tertiary/aromatic N) is 2. The van der Waals surface area contributed by atoms with Crippen LogP contribution in [0.3, 0.4) is 0 Å². The van der Waals surface area contributed by atoms with Gasteiger partial charge in [-0.2, -0.15) is 0 Å². The van der Waals surface area contributed by atoms with Gasteiger partial charge in [0.1, 0.15) is 0 Å². The molecule has 19 heavy (non-hydrogen) atoms. The summed E-state index contributed by atoms with van der Waals surface area (Å²) < 4.78 is 0. The molecule has 0 amide bonds. The molecule has 3 nitrogen and oxygen atoms in total. The minimum Gasteiger partial charge on any atom is -0.329 e. The molecule has 114 valence electrons. The lowest BCUT2D eigenvalue weighted by molar-refractivity contribution is 0.00643. The monoisotopic (exact) mass is 269 g/mol. The minimum atomic E-state index is 0.244. The zero-order valence-electron chi connectivity index (χ0n) is 13.8. The zero-order valence-corrected chi connectivity index (χ0v) is 13.8. The van der Waals surface area contributed by atoms with Crippen molar-refractivity contribution in [1.29, 1.82) is 0 Å². The van der Waals surface area contributed by atoms with Crippen LogP contribution in [0.15, 0.2) is 0 Å². The summed E-state index contributed by atoms with van der Waals surface area (Å²) >= 11 is 0. The summed E-state index contributed by atoms with van der Waals surface area (Å²) in [5, 5.41) is 0. The number of rotatable bonds is 7. The average Bonchev–Trinajstić information content (AvgIpc) is 2.32. The van der Waals surface area contributed by atoms with Crippen LogP contribution in [-0.4, -0.2) is 55.6 Å². The highest BCUT2D eigenvalue weighted by atomic mass is 15.2. The molecule has 3 heteroatoms. The Bertz CT molecular complexity index is 263. The molecule has 2 N–H and O–H groups in total. The summed E-state index contributed by atoms with van der Waals surface area (Å²) in [6.07, 6.45) is 6.43. The van der Waals surface area contributed by atoms with Crippen molar-refractivity contribution in [2.24, 2.45) is 11.1 Å². The molecule has 1 aliphatic rings. The molecule has 0 spiro atoms. The third-order valence-electron chi connectivity index (χ3n) is 4.66. The van der Waals surface area contributed by atoms with Gasteiger partial charge in [-0.25, -0.2) is 0 Å². The van der Waals surface area contributed by atoms with Crippen molar-refractivity contribution < 1.29 is 0 Å². The van der Waals surface area contributed by atoms with Gasteiger partial charge in [-0.1, -0.05) is 27.2 Å². The maximum absolute atomic E-state index is 6.24. The highest BCUT2D eigenvalue weighted by Gasteiger charge is 2.42. The lowest BCUT2D eigenvalue weighted by atomic mass is 9.67. The second-order valence-corrected chi connectivity index (χ2v) is 7.41. The van der Waals surface area contributed by atoms with E-state index in [9.17, 15) is 0 Å². The summed E-state index contributed by atoms with van der Waals surface area (Å²) in [7, 11) is 4.31. The molecule has 0 aromatic rings. The summed E-state index contributed by atoms with van der Waals surface area (Å²) in [5.74, 6) is 0. The fraction of sp³-hybridized carbons (Fsp3) is 1.00. The van der Waals surface area contributed by atoms with E-state index in [2.05, 4.69) is 44.7 Å². The third kappa shape index (κ3) is 4.73. The molecule has 1 aliphatic carbocycles. The normalized spacial score (nSPS) is 27.2. The first-order chi connectivity index (χ1) is 8.85. The van der Waals surface area contributed by atoms with Gasteiger partial charge in [-0.05, 0) is 51.7 Å². The van der Waals surface area contributed by atoms with Gasteiger partial charge < -0.3 is 10.6 Å². The number of nitrogens with two attached hydrogens (primary N) is 1. The Morgan fingerprint density at radius 1 is 1.05 bits per heavy atom. The summed E-state index contributed by atoms with van der Waals surface area (Å²) in [4.78, 5) is 4.97. The maximum atomic E-state index is 6.24. The van der Waals surface area contributed by atoms with Crippen molar-refractivity contribution in [2.75, 3.05) is 40.3 Å². The molecule has 0 aromatic carbocycles. The predicted molar refractivity (Wildman–Crippen MR) is 84.5 cm³/mol. The average molecular weight is 269 g/mol. The molecule has 1 rings (SSSR count). The predicted octanol–water partition coefficient (Wildman–Crippen LogP) is 2.56. The van der Waals surface area contributed by atoms with Gasteiger partial charge in [-0.3, -0.25) is 4.90 Å². The van der Waals surface area contributed by atoms with Gasteiger partial charge in [0.2, 0.25) is 0 Å². The van der Waals surface area contributed by atoms with Crippen LogP contribution in [0.5, 0.6) is 0 Å². The first kappa shape index (κ1) is 16.9. The Kier molecular flexibility index (Phi) is 6.28. The molecular weight excluding hydrogens is 234 g/mol. The molecule has 0 saturated heterocycles. The van der Waals surface area contributed by atoms with E-state index in [1.807, 2.05) is 0 Å². The van der Waals surface area contributed by atoms with E-state index in [1.54, 1.807) is 0 Å². The Balaban J connectivity index is 2.81. The van der Waals surface area contributed by atoms with E-state index in [4.69, 9.17) is 5.73 Å². The first-order valence-electron chi connectivity index (χ1n) is 7.95. The van der Waals surface area contributed by atoms with Crippen molar-refractivity contribution >= 4 is 0 Å². The Labute approximate surface area is 120 Å². The van der Waals surface area contributed by atoms with Gasteiger partial charge in [0, 0.05) is 25.2 Å². The minimum absolute atomic E-state index is 0.244. The molecular formula is C16H35N3. The van der Waals surface area contributed by atoms with Crippen LogP contribution in [0.2, 0.25) is 0 Å². The van der Waals surface area contributed by atoms with E-state index in [0.29, 0.717) is 5.41 Å². The number of hydrogen-bond acceptors (Lipinski definition) is 3. The van der Waals surface area contributed by atoms with Gasteiger partial charge in [0.05, 0.1) is 0 Å². The Morgan fingerprint density at radius 3 is 2.21 bits per heavy atom. The fourth-order valence-electron chi connectivity index (χ4n) is 3.71. The molecule has 1 saturated carbocycles. The van der Waals surface area contributed by atoms with Crippen molar-refractivity contribution in [3.8, 4) is 0 Å². The van der Waals surface area contributed by atoms with E-state index in [-0.39, 0.29) is 5.54 Å². The highest BCUT2D eigenvalue weighted by Crippen LogP contribution is 2.43. The largest absolute Gasteiger partial charge is 0.329 e. The van der Waals surface area contributed by atoms with Crippen LogP contribution in [0.1, 0.15) is 52.9 Å². The van der Waals surface area contributed by atoms with Gasteiger partial charge in [-0.15, -0.1) is 0 Å². The summed E-state index contributed by atoms with van der Waals surface area (Å²) in [6, 6.07) is 0. The smallest absolute Gasteiger partial charge is 0.0337 e. The second-order valence-electron chi connectivity index (χ2n) is 7.41. The van der Waals surface area contributed by atoms with Crippen LogP contribution in [-0.2, 0) is 0 Å². The van der Waals surface area contributed by atoms with Crippen molar-refractivity contribution in [2.45, 2.75) is 58.4 Å². The van der Waals surface area contributed by atoms with E-state index >= 15 is 0 Å². The highest BCUT2D eigenvalue weighted by molar-refractivity contribution is 4.99. The van der Waals surface area contributed by atoms with Crippen molar-refractivity contribution in [1.82, 2.24) is 9.80 Å². The molecule has 0 aliphatic heterocycles. The van der Waals surface area contributed by atoms with Crippen LogP contribution < -0.4 is 5.73 Å². The Hall–Kier alpha value is -0.120. The molecule has 0 bridgehead atoms. The van der Waals surface area contributed by atoms with Crippen molar-refractivity contribution in [3.63, 3.8) is 0 Å². The van der Waals surface area contributed by atoms with Crippen molar-refractivity contribution in [3.05, 3.63) is 0 Å². The van der Waals surface area contributed by atoms with Crippen LogP contribution in [0, 0.1) is 5.41 Å². The lowest BCUT2D eigenvalue weighted by Crippen LogP contribution is -2.59. The van der Waals surface area contributed by atoms with Crippen LogP contribution >= 0.6 is 0 Å². The fourth-order valence-corrected chi connectivity index (χ4v) is 3.71.